The van der Waals surface area contributed by atoms with Gasteiger partial charge in [0.2, 0.25) is 17.1 Å². The first-order valence-corrected chi connectivity index (χ1v) is 2.69. The Hall–Kier alpha value is -1.32. The standard InChI is InChI=1S/C6H6FNO2/c1-3-2-4(9)5(10)6(7)8-3/h2,10H,1H3,(H,8,9). The molecular formula is C6H6FNO2. The Balaban J connectivity index is 3.46. The van der Waals surface area contributed by atoms with Gasteiger partial charge in [0.05, 0.1) is 0 Å². The van der Waals surface area contributed by atoms with E-state index >= 15 is 0 Å². The van der Waals surface area contributed by atoms with Crippen molar-refractivity contribution in [3.8, 4) is 5.75 Å². The molecule has 0 radical (unpaired) electrons. The molecule has 0 aromatic carbocycles. The smallest absolute Gasteiger partial charge is 0.237 e. The normalized spacial score (nSPS) is 9.80. The second-order valence-electron chi connectivity index (χ2n) is 1.98. The highest BCUT2D eigenvalue weighted by atomic mass is 19.1. The molecule has 0 aliphatic rings. The van der Waals surface area contributed by atoms with Gasteiger partial charge in [-0.15, -0.1) is 0 Å². The van der Waals surface area contributed by atoms with E-state index in [4.69, 9.17) is 5.11 Å². The summed E-state index contributed by atoms with van der Waals surface area (Å²) in [6.07, 6.45) is 0. The van der Waals surface area contributed by atoms with E-state index < -0.39 is 17.1 Å². The number of aromatic hydroxyl groups is 1. The number of aromatic nitrogens is 1. The first kappa shape index (κ1) is 6.80. The summed E-state index contributed by atoms with van der Waals surface area (Å²) in [6, 6.07) is 1.12. The van der Waals surface area contributed by atoms with E-state index in [0.717, 1.165) is 6.07 Å². The third kappa shape index (κ3) is 1.00. The van der Waals surface area contributed by atoms with Gasteiger partial charge in [0.1, 0.15) is 0 Å². The summed E-state index contributed by atoms with van der Waals surface area (Å²) in [7, 11) is 0. The molecule has 0 atom stereocenters. The molecule has 0 aliphatic carbocycles. The highest BCUT2D eigenvalue weighted by molar-refractivity contribution is 5.19. The van der Waals surface area contributed by atoms with Crippen molar-refractivity contribution in [1.29, 1.82) is 0 Å². The number of halogens is 1. The topological polar surface area (TPSA) is 53.1 Å². The molecule has 0 bridgehead atoms. The minimum atomic E-state index is -0.981. The molecule has 54 valence electrons. The zero-order valence-electron chi connectivity index (χ0n) is 5.31. The summed E-state index contributed by atoms with van der Waals surface area (Å²) < 4.78 is 12.3. The van der Waals surface area contributed by atoms with E-state index in [9.17, 15) is 9.18 Å². The van der Waals surface area contributed by atoms with Crippen LogP contribution in [0.4, 0.5) is 4.39 Å². The molecular weight excluding hydrogens is 137 g/mol. The van der Waals surface area contributed by atoms with Crippen molar-refractivity contribution < 1.29 is 9.50 Å². The van der Waals surface area contributed by atoms with Gasteiger partial charge >= 0.3 is 0 Å². The van der Waals surface area contributed by atoms with Gasteiger partial charge in [-0.05, 0) is 6.92 Å². The van der Waals surface area contributed by atoms with Crippen LogP contribution in [-0.2, 0) is 0 Å². The summed E-state index contributed by atoms with van der Waals surface area (Å²) in [5, 5.41) is 8.61. The molecule has 1 aromatic heterocycles. The van der Waals surface area contributed by atoms with Crippen molar-refractivity contribution >= 4 is 0 Å². The molecule has 4 heteroatoms. The van der Waals surface area contributed by atoms with Crippen molar-refractivity contribution in [3.63, 3.8) is 0 Å². The van der Waals surface area contributed by atoms with Crippen LogP contribution in [0.2, 0.25) is 0 Å². The molecule has 1 rings (SSSR count). The van der Waals surface area contributed by atoms with Crippen molar-refractivity contribution in [2.24, 2.45) is 0 Å². The third-order valence-electron chi connectivity index (χ3n) is 1.10. The number of nitrogens with one attached hydrogen (secondary N) is 1. The highest BCUT2D eigenvalue weighted by Gasteiger charge is 2.03. The predicted octanol–water partition coefficient (Wildman–Crippen LogP) is 0.528. The van der Waals surface area contributed by atoms with E-state index in [2.05, 4.69) is 4.98 Å². The largest absolute Gasteiger partial charge is 0.501 e. The Morgan fingerprint density at radius 3 is 2.80 bits per heavy atom. The molecule has 1 aromatic rings. The van der Waals surface area contributed by atoms with Crippen LogP contribution in [0.5, 0.6) is 5.75 Å². The van der Waals surface area contributed by atoms with Crippen LogP contribution >= 0.6 is 0 Å². The lowest BCUT2D eigenvalue weighted by molar-refractivity contribution is 0.413. The van der Waals surface area contributed by atoms with Gasteiger partial charge in [-0.25, -0.2) is 0 Å². The molecule has 3 nitrogen and oxygen atoms in total. The number of hydrogen-bond acceptors (Lipinski definition) is 2. The summed E-state index contributed by atoms with van der Waals surface area (Å²) in [6.45, 7) is 1.53. The van der Waals surface area contributed by atoms with Crippen LogP contribution in [0.25, 0.3) is 0 Å². The Morgan fingerprint density at radius 2 is 2.30 bits per heavy atom. The van der Waals surface area contributed by atoms with Crippen molar-refractivity contribution in [1.82, 2.24) is 4.98 Å². The Bertz CT molecular complexity index is 305. The fourth-order valence-electron chi connectivity index (χ4n) is 0.642. The quantitative estimate of drug-likeness (QED) is 0.520. The lowest BCUT2D eigenvalue weighted by atomic mass is 10.3. The molecule has 2 N–H and O–H groups in total. The number of H-pyrrole nitrogens is 1. The SMILES string of the molecule is Cc1cc(=O)c(O)c(F)[nH]1. The van der Waals surface area contributed by atoms with Crippen molar-refractivity contribution in [3.05, 3.63) is 27.9 Å². The number of rotatable bonds is 0. The lowest BCUT2D eigenvalue weighted by Gasteiger charge is -1.94. The Morgan fingerprint density at radius 1 is 1.70 bits per heavy atom. The van der Waals surface area contributed by atoms with Gasteiger partial charge in [0.25, 0.3) is 0 Å². The minimum Gasteiger partial charge on any atom is -0.501 e. The van der Waals surface area contributed by atoms with Gasteiger partial charge in [-0.2, -0.15) is 4.39 Å². The molecule has 0 spiro atoms. The number of aromatic amines is 1. The number of pyridine rings is 1. The van der Waals surface area contributed by atoms with Crippen LogP contribution in [0.1, 0.15) is 5.69 Å². The zero-order valence-corrected chi connectivity index (χ0v) is 5.31. The molecule has 0 aliphatic heterocycles. The Kier molecular flexibility index (Phi) is 1.45. The average Bonchev–Trinajstić information content (AvgIpc) is 1.82. The second-order valence-corrected chi connectivity index (χ2v) is 1.98. The van der Waals surface area contributed by atoms with E-state index in [-0.39, 0.29) is 0 Å². The maximum Gasteiger partial charge on any atom is 0.237 e. The highest BCUT2D eigenvalue weighted by Crippen LogP contribution is 2.04. The predicted molar refractivity (Wildman–Crippen MR) is 33.4 cm³/mol. The van der Waals surface area contributed by atoms with Crippen molar-refractivity contribution in [2.45, 2.75) is 6.92 Å². The van der Waals surface area contributed by atoms with Gasteiger partial charge in [0.15, 0.2) is 0 Å². The fourth-order valence-corrected chi connectivity index (χ4v) is 0.642. The lowest BCUT2D eigenvalue weighted by Crippen LogP contribution is -2.04. The van der Waals surface area contributed by atoms with Crippen LogP contribution in [0, 0.1) is 12.9 Å². The van der Waals surface area contributed by atoms with Gasteiger partial charge in [-0.1, -0.05) is 0 Å². The molecule has 0 amide bonds. The van der Waals surface area contributed by atoms with E-state index in [1.54, 1.807) is 0 Å². The second kappa shape index (κ2) is 2.13. The summed E-state index contributed by atoms with van der Waals surface area (Å²) in [5.41, 5.74) is -0.311. The fraction of sp³-hybridized carbons (Fsp3) is 0.167. The number of aryl methyl sites for hydroxylation is 1. The monoisotopic (exact) mass is 143 g/mol. The molecule has 0 fully saturated rings. The van der Waals surface area contributed by atoms with E-state index in [1.165, 1.54) is 6.92 Å². The first-order chi connectivity index (χ1) is 4.61. The molecule has 0 unspecified atom stereocenters. The zero-order chi connectivity index (χ0) is 7.72. The van der Waals surface area contributed by atoms with Crippen LogP contribution in [0.15, 0.2) is 10.9 Å². The van der Waals surface area contributed by atoms with E-state index in [0.29, 0.717) is 5.69 Å². The van der Waals surface area contributed by atoms with E-state index in [1.807, 2.05) is 0 Å². The molecule has 0 saturated carbocycles. The minimum absolute atomic E-state index is 0.389. The summed E-state index contributed by atoms with van der Waals surface area (Å²) >= 11 is 0. The molecule has 1 heterocycles. The maximum absolute atomic E-state index is 12.3. The average molecular weight is 143 g/mol. The van der Waals surface area contributed by atoms with Gasteiger partial charge in [0, 0.05) is 11.8 Å². The first-order valence-electron chi connectivity index (χ1n) is 2.69. The summed E-state index contributed by atoms with van der Waals surface area (Å²) in [4.78, 5) is 12.7. The Labute approximate surface area is 56.1 Å². The van der Waals surface area contributed by atoms with Gasteiger partial charge < -0.3 is 10.1 Å². The third-order valence-corrected chi connectivity index (χ3v) is 1.10. The molecule has 0 saturated heterocycles. The van der Waals surface area contributed by atoms with Gasteiger partial charge in [-0.3, -0.25) is 4.79 Å². The molecule has 10 heavy (non-hydrogen) atoms. The summed E-state index contributed by atoms with van der Waals surface area (Å²) in [5.74, 6) is -1.84. The van der Waals surface area contributed by atoms with Crippen LogP contribution in [0.3, 0.4) is 0 Å². The maximum atomic E-state index is 12.3. The van der Waals surface area contributed by atoms with Crippen LogP contribution < -0.4 is 5.43 Å². The number of hydrogen-bond donors (Lipinski definition) is 2. The van der Waals surface area contributed by atoms with Crippen LogP contribution in [-0.4, -0.2) is 10.1 Å². The van der Waals surface area contributed by atoms with Crippen molar-refractivity contribution in [2.75, 3.05) is 0 Å².